The molecule has 8 nitrogen and oxygen atoms in total. The molecule has 30 heavy (non-hydrogen) atoms. The van der Waals surface area contributed by atoms with E-state index in [2.05, 4.69) is 43.1 Å². The van der Waals surface area contributed by atoms with Gasteiger partial charge in [0.15, 0.2) is 5.82 Å². The Labute approximate surface area is 180 Å². The fourth-order valence-corrected chi connectivity index (χ4v) is 3.93. The summed E-state index contributed by atoms with van der Waals surface area (Å²) in [6.07, 6.45) is 2.24. The van der Waals surface area contributed by atoms with Gasteiger partial charge < -0.3 is 19.5 Å². The average molecular weight is 423 g/mol. The third kappa shape index (κ3) is 9.26. The van der Waals surface area contributed by atoms with Gasteiger partial charge in [0.05, 0.1) is 19.8 Å². The number of carbonyl (C=O) groups is 2. The number of nitrogens with one attached hydrogen (secondary N) is 1. The van der Waals surface area contributed by atoms with E-state index in [0.29, 0.717) is 24.5 Å². The number of carbonyl (C=O) groups excluding carboxylic acids is 2. The Balaban J connectivity index is 1.91. The van der Waals surface area contributed by atoms with Gasteiger partial charge in [0.2, 0.25) is 11.8 Å². The first-order valence-corrected chi connectivity index (χ1v) is 10.9. The minimum Gasteiger partial charge on any atom is -0.379 e. The van der Waals surface area contributed by atoms with E-state index in [4.69, 9.17) is 9.26 Å². The lowest BCUT2D eigenvalue weighted by Gasteiger charge is -2.29. The number of hydrogen-bond acceptors (Lipinski definition) is 6. The molecule has 1 fully saturated rings. The zero-order chi connectivity index (χ0) is 22.1. The minimum atomic E-state index is -0.258. The summed E-state index contributed by atoms with van der Waals surface area (Å²) < 4.78 is 10.4. The molecule has 0 radical (unpaired) electrons. The van der Waals surface area contributed by atoms with Gasteiger partial charge in [-0.1, -0.05) is 32.9 Å². The molecule has 2 amide bonds. The van der Waals surface area contributed by atoms with Crippen molar-refractivity contribution in [1.82, 2.24) is 15.0 Å². The van der Waals surface area contributed by atoms with E-state index in [1.807, 2.05) is 0 Å². The molecule has 0 unspecified atom stereocenters. The van der Waals surface area contributed by atoms with Gasteiger partial charge in [-0.25, -0.2) is 0 Å². The molecule has 2 rings (SSSR count). The number of nitrogens with zero attached hydrogens (tertiary/aromatic N) is 3. The topological polar surface area (TPSA) is 87.9 Å². The Morgan fingerprint density at radius 3 is 2.60 bits per heavy atom. The second-order valence-electron chi connectivity index (χ2n) is 9.57. The summed E-state index contributed by atoms with van der Waals surface area (Å²) in [5.41, 5.74) is 0.170. The third-order valence-corrected chi connectivity index (χ3v) is 5.07. The first-order valence-electron chi connectivity index (χ1n) is 10.9. The molecule has 0 bridgehead atoms. The molecule has 170 valence electrons. The molecule has 1 saturated heterocycles. The van der Waals surface area contributed by atoms with Crippen LogP contribution in [0.25, 0.3) is 0 Å². The van der Waals surface area contributed by atoms with Gasteiger partial charge in [0.1, 0.15) is 5.76 Å². The first kappa shape index (κ1) is 24.3. The smallest absolute Gasteiger partial charge is 0.245 e. The number of aryl methyl sites for hydroxylation is 1. The molecule has 1 aromatic rings. The van der Waals surface area contributed by atoms with Crippen LogP contribution >= 0.6 is 0 Å². The molecular formula is C22H38N4O4. The van der Waals surface area contributed by atoms with Crippen LogP contribution in [0.2, 0.25) is 0 Å². The molecule has 1 aliphatic heterocycles. The van der Waals surface area contributed by atoms with Crippen LogP contribution in [0.4, 0.5) is 5.82 Å². The normalized spacial score (nSPS) is 16.3. The maximum Gasteiger partial charge on any atom is 0.245 e. The average Bonchev–Trinajstić information content (AvgIpc) is 3.04. The summed E-state index contributed by atoms with van der Waals surface area (Å²) in [6, 6.07) is 1.66. The second kappa shape index (κ2) is 11.5. The summed E-state index contributed by atoms with van der Waals surface area (Å²) in [6.45, 7) is 15.2. The quantitative estimate of drug-likeness (QED) is 0.624. The maximum atomic E-state index is 13.0. The highest BCUT2D eigenvalue weighted by Gasteiger charge is 2.23. The lowest BCUT2D eigenvalue weighted by Crippen LogP contribution is -2.42. The molecule has 0 saturated carbocycles. The minimum absolute atomic E-state index is 0.0239. The van der Waals surface area contributed by atoms with Crippen molar-refractivity contribution in [3.8, 4) is 0 Å². The SMILES string of the molecule is Cc1cc(NC(=O)CN(CCCN2CCOCC2)C(=O)C[C@@H](C)CC(C)(C)C)no1. The highest BCUT2D eigenvalue weighted by atomic mass is 16.5. The van der Waals surface area contributed by atoms with Crippen molar-refractivity contribution >= 4 is 17.6 Å². The van der Waals surface area contributed by atoms with E-state index in [1.54, 1.807) is 17.9 Å². The monoisotopic (exact) mass is 422 g/mol. The predicted octanol–water partition coefficient (Wildman–Crippen LogP) is 2.93. The number of morpholine rings is 1. The summed E-state index contributed by atoms with van der Waals surface area (Å²) >= 11 is 0. The standard InChI is InChI=1S/C22H38N4O4/c1-17(15-22(3,4)5)13-21(28)26(8-6-7-25-9-11-29-12-10-25)16-20(27)23-19-14-18(2)30-24-19/h14,17H,6-13,15-16H2,1-5H3,(H,23,24,27)/t17-/m1/s1. The van der Waals surface area contributed by atoms with Crippen LogP contribution in [-0.4, -0.2) is 72.7 Å². The Bertz CT molecular complexity index is 677. The van der Waals surface area contributed by atoms with Gasteiger partial charge in [-0.3, -0.25) is 14.5 Å². The van der Waals surface area contributed by atoms with Crippen molar-refractivity contribution < 1.29 is 18.8 Å². The maximum absolute atomic E-state index is 13.0. The van der Waals surface area contributed by atoms with Gasteiger partial charge in [0.25, 0.3) is 0 Å². The Morgan fingerprint density at radius 2 is 2.00 bits per heavy atom. The molecule has 8 heteroatoms. The number of rotatable bonds is 10. The molecule has 1 N–H and O–H groups in total. The predicted molar refractivity (Wildman–Crippen MR) is 116 cm³/mol. The number of hydrogen-bond donors (Lipinski definition) is 1. The van der Waals surface area contributed by atoms with Crippen molar-refractivity contribution in [3.05, 3.63) is 11.8 Å². The van der Waals surface area contributed by atoms with E-state index in [-0.39, 0.29) is 29.7 Å². The van der Waals surface area contributed by atoms with Crippen molar-refractivity contribution in [2.24, 2.45) is 11.3 Å². The third-order valence-electron chi connectivity index (χ3n) is 5.07. The van der Waals surface area contributed by atoms with E-state index in [9.17, 15) is 9.59 Å². The number of anilines is 1. The van der Waals surface area contributed by atoms with Crippen LogP contribution in [-0.2, 0) is 14.3 Å². The van der Waals surface area contributed by atoms with Gasteiger partial charge in [0, 0.05) is 38.7 Å². The molecule has 0 aromatic carbocycles. The van der Waals surface area contributed by atoms with Crippen LogP contribution in [0.1, 0.15) is 52.7 Å². The highest BCUT2D eigenvalue weighted by molar-refractivity contribution is 5.93. The fourth-order valence-electron chi connectivity index (χ4n) is 3.93. The van der Waals surface area contributed by atoms with E-state index in [1.165, 1.54) is 0 Å². The zero-order valence-corrected chi connectivity index (χ0v) is 19.2. The van der Waals surface area contributed by atoms with Crippen LogP contribution in [0, 0.1) is 18.3 Å². The summed E-state index contributed by atoms with van der Waals surface area (Å²) in [4.78, 5) is 29.5. The van der Waals surface area contributed by atoms with Gasteiger partial charge >= 0.3 is 0 Å². The molecule has 0 spiro atoms. The molecule has 0 aliphatic carbocycles. The fraction of sp³-hybridized carbons (Fsp3) is 0.773. The lowest BCUT2D eigenvalue weighted by atomic mass is 9.84. The van der Waals surface area contributed by atoms with Gasteiger partial charge in [-0.05, 0) is 31.1 Å². The molecule has 1 aromatic heterocycles. The highest BCUT2D eigenvalue weighted by Crippen LogP contribution is 2.26. The van der Waals surface area contributed by atoms with Crippen LogP contribution in [0.15, 0.2) is 10.6 Å². The summed E-state index contributed by atoms with van der Waals surface area (Å²) in [5.74, 6) is 1.03. The molecule has 1 aliphatic rings. The molecular weight excluding hydrogens is 384 g/mol. The van der Waals surface area contributed by atoms with Crippen molar-refractivity contribution in [1.29, 1.82) is 0 Å². The van der Waals surface area contributed by atoms with Crippen molar-refractivity contribution in [2.75, 3.05) is 51.3 Å². The largest absolute Gasteiger partial charge is 0.379 e. The van der Waals surface area contributed by atoms with Crippen molar-refractivity contribution in [3.63, 3.8) is 0 Å². The summed E-state index contributed by atoms with van der Waals surface area (Å²) in [7, 11) is 0. The molecule has 1 atom stereocenters. The van der Waals surface area contributed by atoms with Crippen LogP contribution in [0.3, 0.4) is 0 Å². The summed E-state index contributed by atoms with van der Waals surface area (Å²) in [5, 5.41) is 6.51. The van der Waals surface area contributed by atoms with E-state index >= 15 is 0 Å². The van der Waals surface area contributed by atoms with E-state index in [0.717, 1.165) is 45.7 Å². The lowest BCUT2D eigenvalue weighted by molar-refractivity contribution is -0.135. The van der Waals surface area contributed by atoms with Crippen molar-refractivity contribution in [2.45, 2.75) is 53.9 Å². The Hall–Kier alpha value is -1.93. The second-order valence-corrected chi connectivity index (χ2v) is 9.57. The first-order chi connectivity index (χ1) is 14.1. The molecule has 2 heterocycles. The van der Waals surface area contributed by atoms with Crippen LogP contribution in [0.5, 0.6) is 0 Å². The van der Waals surface area contributed by atoms with E-state index < -0.39 is 0 Å². The number of amides is 2. The van der Waals surface area contributed by atoms with Crippen LogP contribution < -0.4 is 5.32 Å². The van der Waals surface area contributed by atoms with Gasteiger partial charge in [-0.15, -0.1) is 0 Å². The zero-order valence-electron chi connectivity index (χ0n) is 19.2. The van der Waals surface area contributed by atoms with Gasteiger partial charge in [-0.2, -0.15) is 0 Å². The number of aromatic nitrogens is 1. The Morgan fingerprint density at radius 1 is 1.30 bits per heavy atom. The Kier molecular flexibility index (Phi) is 9.30. The number of ether oxygens (including phenoxy) is 1.